The Kier molecular flexibility index (Phi) is 2.98. The van der Waals surface area contributed by atoms with Crippen molar-refractivity contribution in [2.45, 2.75) is 32.4 Å². The van der Waals surface area contributed by atoms with E-state index >= 15 is 0 Å². The fourth-order valence-corrected chi connectivity index (χ4v) is 3.29. The van der Waals surface area contributed by atoms with Gasteiger partial charge in [-0.15, -0.1) is 0 Å². The first-order valence-corrected chi connectivity index (χ1v) is 6.74. The molecule has 98 valence electrons. The van der Waals surface area contributed by atoms with E-state index in [2.05, 4.69) is 28.6 Å². The number of hydrogen-bond donors (Lipinski definition) is 0. The molecule has 3 heterocycles. The molecule has 0 saturated carbocycles. The fraction of sp³-hybridized carbons (Fsp3) is 0.643. The van der Waals surface area contributed by atoms with E-state index in [1.54, 1.807) is 12.3 Å². The van der Waals surface area contributed by atoms with E-state index in [9.17, 15) is 4.39 Å². The molecular weight excluding hydrogens is 229 g/mol. The predicted molar refractivity (Wildman–Crippen MR) is 70.1 cm³/mol. The second kappa shape index (κ2) is 4.50. The molecule has 0 radical (unpaired) electrons. The molecule has 0 aliphatic carbocycles. The molecular formula is C14H20FN3. The van der Waals surface area contributed by atoms with Crippen LogP contribution in [0.4, 0.5) is 10.1 Å². The Hall–Kier alpha value is -1.16. The minimum atomic E-state index is -0.241. The van der Waals surface area contributed by atoms with Gasteiger partial charge in [-0.1, -0.05) is 0 Å². The van der Waals surface area contributed by atoms with Crippen LogP contribution in [0.25, 0.3) is 0 Å². The highest BCUT2D eigenvalue weighted by Gasteiger charge is 2.39. The monoisotopic (exact) mass is 249 g/mol. The van der Waals surface area contributed by atoms with Crippen LogP contribution in [0.3, 0.4) is 0 Å². The zero-order chi connectivity index (χ0) is 12.7. The van der Waals surface area contributed by atoms with Crippen LogP contribution in [0.2, 0.25) is 0 Å². The van der Waals surface area contributed by atoms with Gasteiger partial charge >= 0.3 is 0 Å². The molecule has 2 fully saturated rings. The van der Waals surface area contributed by atoms with Gasteiger partial charge in [0.1, 0.15) is 5.82 Å². The highest BCUT2D eigenvalue weighted by atomic mass is 19.1. The Labute approximate surface area is 108 Å². The maximum atomic E-state index is 13.3. The summed E-state index contributed by atoms with van der Waals surface area (Å²) in [6.07, 6.45) is 4.29. The summed E-state index contributed by atoms with van der Waals surface area (Å²) >= 11 is 0. The van der Waals surface area contributed by atoms with E-state index in [-0.39, 0.29) is 5.82 Å². The molecule has 2 unspecified atom stereocenters. The van der Waals surface area contributed by atoms with Gasteiger partial charge in [0, 0.05) is 37.8 Å². The summed E-state index contributed by atoms with van der Waals surface area (Å²) in [6.45, 7) is 7.80. The number of nitrogens with zero attached hydrogens (tertiary/aromatic N) is 3. The lowest BCUT2D eigenvalue weighted by molar-refractivity contribution is 0.157. The van der Waals surface area contributed by atoms with Crippen molar-refractivity contribution in [1.82, 2.24) is 9.88 Å². The lowest BCUT2D eigenvalue weighted by Crippen LogP contribution is -2.45. The van der Waals surface area contributed by atoms with Crippen LogP contribution < -0.4 is 4.90 Å². The second-order valence-electron chi connectivity index (χ2n) is 5.82. The molecule has 0 aromatic carbocycles. The molecule has 4 heteroatoms. The van der Waals surface area contributed by atoms with Gasteiger partial charge < -0.3 is 4.90 Å². The smallest absolute Gasteiger partial charge is 0.143 e. The summed E-state index contributed by atoms with van der Waals surface area (Å²) in [7, 11) is 0. The zero-order valence-corrected chi connectivity index (χ0v) is 11.0. The van der Waals surface area contributed by atoms with Crippen molar-refractivity contribution in [2.75, 3.05) is 24.5 Å². The standard InChI is InChI=1S/C14H20FN3/c1-10(2)17-7-11-3-14(9-17)18(8-11)13-4-12(15)5-16-6-13/h4-6,10-11,14H,3,7-9H2,1-2H3. The van der Waals surface area contributed by atoms with E-state index in [4.69, 9.17) is 0 Å². The molecule has 1 aromatic rings. The number of hydrogen-bond acceptors (Lipinski definition) is 3. The van der Waals surface area contributed by atoms with Crippen molar-refractivity contribution in [3.05, 3.63) is 24.3 Å². The van der Waals surface area contributed by atoms with Crippen molar-refractivity contribution in [1.29, 1.82) is 0 Å². The highest BCUT2D eigenvalue weighted by molar-refractivity contribution is 5.47. The Morgan fingerprint density at radius 1 is 1.28 bits per heavy atom. The van der Waals surface area contributed by atoms with E-state index in [1.165, 1.54) is 19.2 Å². The topological polar surface area (TPSA) is 19.4 Å². The molecule has 0 amide bonds. The molecule has 2 aliphatic rings. The maximum absolute atomic E-state index is 13.3. The molecule has 0 N–H and O–H groups in total. The van der Waals surface area contributed by atoms with Gasteiger partial charge in [-0.2, -0.15) is 0 Å². The third-order valence-electron chi connectivity index (χ3n) is 4.19. The Morgan fingerprint density at radius 3 is 2.83 bits per heavy atom. The summed E-state index contributed by atoms with van der Waals surface area (Å²) < 4.78 is 13.3. The summed E-state index contributed by atoms with van der Waals surface area (Å²) in [6, 6.07) is 2.73. The van der Waals surface area contributed by atoms with Gasteiger partial charge in [-0.05, 0) is 26.2 Å². The van der Waals surface area contributed by atoms with Crippen LogP contribution >= 0.6 is 0 Å². The Bertz CT molecular complexity index is 435. The van der Waals surface area contributed by atoms with Crippen molar-refractivity contribution >= 4 is 5.69 Å². The predicted octanol–water partition coefficient (Wildman–Crippen LogP) is 2.14. The van der Waals surface area contributed by atoms with Crippen LogP contribution in [0, 0.1) is 11.7 Å². The lowest BCUT2D eigenvalue weighted by Gasteiger charge is -2.35. The van der Waals surface area contributed by atoms with Crippen molar-refractivity contribution in [3.63, 3.8) is 0 Å². The molecule has 18 heavy (non-hydrogen) atoms. The average Bonchev–Trinajstić information content (AvgIpc) is 2.64. The number of halogens is 1. The number of fused-ring (bicyclic) bond motifs is 2. The van der Waals surface area contributed by atoms with E-state index in [0.717, 1.165) is 24.7 Å². The summed E-state index contributed by atoms with van der Waals surface area (Å²) in [5.41, 5.74) is 0.938. The van der Waals surface area contributed by atoms with Gasteiger partial charge in [0.2, 0.25) is 0 Å². The second-order valence-corrected chi connectivity index (χ2v) is 5.82. The summed E-state index contributed by atoms with van der Waals surface area (Å²) in [5, 5.41) is 0. The molecule has 0 spiro atoms. The molecule has 2 atom stereocenters. The molecule has 3 rings (SSSR count). The van der Waals surface area contributed by atoms with E-state index in [0.29, 0.717) is 12.1 Å². The molecule has 2 saturated heterocycles. The Balaban J connectivity index is 1.80. The first-order chi connectivity index (χ1) is 8.63. The van der Waals surface area contributed by atoms with Crippen LogP contribution in [-0.4, -0.2) is 41.6 Å². The molecule has 1 aromatic heterocycles. The normalized spacial score (nSPS) is 28.1. The van der Waals surface area contributed by atoms with Crippen LogP contribution in [0.5, 0.6) is 0 Å². The number of anilines is 1. The van der Waals surface area contributed by atoms with Gasteiger partial charge in [0.25, 0.3) is 0 Å². The third kappa shape index (κ3) is 2.09. The van der Waals surface area contributed by atoms with Crippen LogP contribution in [-0.2, 0) is 0 Å². The highest BCUT2D eigenvalue weighted by Crippen LogP contribution is 2.34. The first-order valence-electron chi connectivity index (χ1n) is 6.74. The van der Waals surface area contributed by atoms with Gasteiger partial charge in [0.15, 0.2) is 0 Å². The van der Waals surface area contributed by atoms with Crippen LogP contribution in [0.1, 0.15) is 20.3 Å². The first kappa shape index (κ1) is 11.9. The minimum Gasteiger partial charge on any atom is -0.366 e. The number of aromatic nitrogens is 1. The summed E-state index contributed by atoms with van der Waals surface area (Å²) in [5.74, 6) is 0.476. The molecule has 2 aliphatic heterocycles. The quantitative estimate of drug-likeness (QED) is 0.800. The number of likely N-dealkylation sites (tertiary alicyclic amines) is 1. The van der Waals surface area contributed by atoms with Crippen molar-refractivity contribution < 1.29 is 4.39 Å². The minimum absolute atomic E-state index is 0.241. The SMILES string of the molecule is CC(C)N1CC2CC(C1)N(c1cncc(F)c1)C2. The van der Waals surface area contributed by atoms with E-state index < -0.39 is 0 Å². The fourth-order valence-electron chi connectivity index (χ4n) is 3.29. The molecule has 2 bridgehead atoms. The number of pyridine rings is 1. The van der Waals surface area contributed by atoms with Gasteiger partial charge in [-0.25, -0.2) is 4.39 Å². The van der Waals surface area contributed by atoms with Gasteiger partial charge in [0.05, 0.1) is 18.1 Å². The average molecular weight is 249 g/mol. The largest absolute Gasteiger partial charge is 0.366 e. The van der Waals surface area contributed by atoms with Crippen LogP contribution in [0.15, 0.2) is 18.5 Å². The van der Waals surface area contributed by atoms with Gasteiger partial charge in [-0.3, -0.25) is 9.88 Å². The van der Waals surface area contributed by atoms with Crippen molar-refractivity contribution in [3.8, 4) is 0 Å². The molecule has 3 nitrogen and oxygen atoms in total. The van der Waals surface area contributed by atoms with Crippen molar-refractivity contribution in [2.24, 2.45) is 5.92 Å². The number of rotatable bonds is 2. The lowest BCUT2D eigenvalue weighted by atomic mass is 9.99. The number of piperidine rings is 1. The third-order valence-corrected chi connectivity index (χ3v) is 4.19. The Morgan fingerprint density at radius 2 is 2.11 bits per heavy atom. The van der Waals surface area contributed by atoms with E-state index in [1.807, 2.05) is 0 Å². The summed E-state index contributed by atoms with van der Waals surface area (Å²) in [4.78, 5) is 8.84. The zero-order valence-electron chi connectivity index (χ0n) is 11.0. The maximum Gasteiger partial charge on any atom is 0.143 e.